The van der Waals surface area contributed by atoms with Gasteiger partial charge in [-0.15, -0.1) is 0 Å². The van der Waals surface area contributed by atoms with Crippen molar-refractivity contribution >= 4 is 5.88 Å². The van der Waals surface area contributed by atoms with E-state index in [1.54, 1.807) is 6.07 Å². The van der Waals surface area contributed by atoms with E-state index in [1.165, 1.54) is 6.07 Å². The van der Waals surface area contributed by atoms with Crippen molar-refractivity contribution in [1.29, 1.82) is 0 Å². The fourth-order valence-corrected chi connectivity index (χ4v) is 0.888. The van der Waals surface area contributed by atoms with Crippen molar-refractivity contribution in [1.82, 2.24) is 5.32 Å². The first kappa shape index (κ1) is 6.36. The predicted octanol–water partition coefficient (Wildman–Crippen LogP) is 0.832. The van der Waals surface area contributed by atoms with Crippen LogP contribution in [0.2, 0.25) is 0 Å². The molecule has 58 valence electrons. The highest BCUT2D eigenvalue weighted by molar-refractivity contribution is 5.22. The molecular weight excluding hydrogens is 148 g/mol. The van der Waals surface area contributed by atoms with Crippen LogP contribution in [0, 0.1) is 10.1 Å². The lowest BCUT2D eigenvalue weighted by Crippen LogP contribution is -1.83. The summed E-state index contributed by atoms with van der Waals surface area (Å²) in [6.45, 7) is 0.852. The first-order valence-corrected chi connectivity index (χ1v) is 3.25. The molecule has 0 bridgehead atoms. The largest absolute Gasteiger partial charge is 0.433 e. The Morgan fingerprint density at radius 2 is 2.45 bits per heavy atom. The molecule has 1 fully saturated rings. The second-order valence-electron chi connectivity index (χ2n) is 2.39. The van der Waals surface area contributed by atoms with E-state index in [0.717, 1.165) is 6.54 Å². The zero-order valence-electron chi connectivity index (χ0n) is 5.61. The van der Waals surface area contributed by atoms with Gasteiger partial charge in [0.1, 0.15) is 10.7 Å². The highest BCUT2D eigenvalue weighted by Crippen LogP contribution is 2.26. The highest BCUT2D eigenvalue weighted by atomic mass is 16.6. The summed E-state index contributed by atoms with van der Waals surface area (Å²) in [5.74, 6) is 0.463. The molecule has 2 rings (SSSR count). The molecule has 0 aromatic carbocycles. The van der Waals surface area contributed by atoms with Gasteiger partial charge in [-0.05, 0) is 6.07 Å². The number of hydrogen-bond donors (Lipinski definition) is 1. The number of nitrogens with one attached hydrogen (secondary N) is 1. The summed E-state index contributed by atoms with van der Waals surface area (Å²) < 4.78 is 4.91. The molecule has 1 aliphatic rings. The van der Waals surface area contributed by atoms with Crippen molar-refractivity contribution in [3.8, 4) is 0 Å². The summed E-state index contributed by atoms with van der Waals surface area (Å²) in [5.41, 5.74) is 0. The zero-order valence-corrected chi connectivity index (χ0v) is 5.61. The summed E-state index contributed by atoms with van der Waals surface area (Å²) in [4.78, 5) is 9.61. The van der Waals surface area contributed by atoms with Gasteiger partial charge in [0.15, 0.2) is 0 Å². The van der Waals surface area contributed by atoms with Crippen LogP contribution in [0.4, 0.5) is 5.88 Å². The van der Waals surface area contributed by atoms with Crippen LogP contribution < -0.4 is 5.32 Å². The summed E-state index contributed by atoms with van der Waals surface area (Å²) in [6, 6.07) is 3.20. The minimum Gasteiger partial charge on any atom is -0.404 e. The molecule has 1 saturated heterocycles. The van der Waals surface area contributed by atoms with E-state index in [-0.39, 0.29) is 11.9 Å². The number of furan rings is 1. The van der Waals surface area contributed by atoms with Gasteiger partial charge in [-0.1, -0.05) is 0 Å². The molecule has 1 aromatic rings. The average molecular weight is 154 g/mol. The molecule has 1 N–H and O–H groups in total. The van der Waals surface area contributed by atoms with Crippen LogP contribution in [-0.2, 0) is 0 Å². The van der Waals surface area contributed by atoms with Gasteiger partial charge in [0.2, 0.25) is 0 Å². The standard InChI is InChI=1S/C6H6N2O3/c9-8(10)6-2-1-5(11-6)4-3-7-4/h1-2,4,7H,3H2/t4-/m1/s1. The van der Waals surface area contributed by atoms with Gasteiger partial charge in [-0.2, -0.15) is 0 Å². The molecule has 11 heavy (non-hydrogen) atoms. The summed E-state index contributed by atoms with van der Waals surface area (Å²) in [6.07, 6.45) is 0. The maximum absolute atomic E-state index is 10.1. The first-order valence-electron chi connectivity index (χ1n) is 3.25. The molecular formula is C6H6N2O3. The van der Waals surface area contributed by atoms with Gasteiger partial charge in [0.05, 0.1) is 12.1 Å². The van der Waals surface area contributed by atoms with Crippen LogP contribution in [0.15, 0.2) is 16.5 Å². The van der Waals surface area contributed by atoms with Crippen molar-refractivity contribution in [2.24, 2.45) is 0 Å². The van der Waals surface area contributed by atoms with Gasteiger partial charge in [0, 0.05) is 6.54 Å². The van der Waals surface area contributed by atoms with Gasteiger partial charge < -0.3 is 9.73 Å². The third-order valence-corrected chi connectivity index (χ3v) is 1.54. The maximum Gasteiger partial charge on any atom is 0.433 e. The number of hydrogen-bond acceptors (Lipinski definition) is 4. The Balaban J connectivity index is 2.25. The molecule has 2 heterocycles. The molecule has 5 nitrogen and oxygen atoms in total. The van der Waals surface area contributed by atoms with Crippen LogP contribution in [-0.4, -0.2) is 11.5 Å². The van der Waals surface area contributed by atoms with Gasteiger partial charge in [0.25, 0.3) is 0 Å². The minimum atomic E-state index is -0.536. The molecule has 0 spiro atoms. The van der Waals surface area contributed by atoms with Crippen LogP contribution in [0.5, 0.6) is 0 Å². The minimum absolute atomic E-state index is 0.186. The lowest BCUT2D eigenvalue weighted by atomic mass is 10.3. The van der Waals surface area contributed by atoms with Gasteiger partial charge in [-0.25, -0.2) is 0 Å². The van der Waals surface area contributed by atoms with Crippen LogP contribution in [0.3, 0.4) is 0 Å². The Labute approximate surface area is 62.2 Å². The number of nitro groups is 1. The average Bonchev–Trinajstić information content (AvgIpc) is 2.68. The van der Waals surface area contributed by atoms with E-state index in [4.69, 9.17) is 4.42 Å². The molecule has 0 saturated carbocycles. The third-order valence-electron chi connectivity index (χ3n) is 1.54. The van der Waals surface area contributed by atoms with Crippen molar-refractivity contribution in [2.45, 2.75) is 6.04 Å². The second kappa shape index (κ2) is 2.06. The number of rotatable bonds is 2. The normalized spacial score (nSPS) is 21.6. The van der Waals surface area contributed by atoms with Gasteiger partial charge in [-0.3, -0.25) is 10.1 Å². The SMILES string of the molecule is O=[N+]([O-])c1ccc([C@H]2CN2)o1. The lowest BCUT2D eigenvalue weighted by molar-refractivity contribution is -0.402. The fraction of sp³-hybridized carbons (Fsp3) is 0.333. The van der Waals surface area contributed by atoms with Crippen molar-refractivity contribution < 1.29 is 9.34 Å². The smallest absolute Gasteiger partial charge is 0.404 e. The Hall–Kier alpha value is -1.36. The van der Waals surface area contributed by atoms with E-state index >= 15 is 0 Å². The zero-order chi connectivity index (χ0) is 7.84. The fourth-order valence-electron chi connectivity index (χ4n) is 0.888. The highest BCUT2D eigenvalue weighted by Gasteiger charge is 2.27. The molecule has 1 atom stereocenters. The number of nitrogens with zero attached hydrogens (tertiary/aromatic N) is 1. The first-order chi connectivity index (χ1) is 5.27. The van der Waals surface area contributed by atoms with E-state index < -0.39 is 4.92 Å². The topological polar surface area (TPSA) is 78.2 Å². The van der Waals surface area contributed by atoms with Crippen LogP contribution in [0.25, 0.3) is 0 Å². The van der Waals surface area contributed by atoms with E-state index in [2.05, 4.69) is 5.32 Å². The van der Waals surface area contributed by atoms with Crippen LogP contribution >= 0.6 is 0 Å². The van der Waals surface area contributed by atoms with Crippen LogP contribution in [0.1, 0.15) is 11.8 Å². The molecule has 1 aromatic heterocycles. The summed E-state index contributed by atoms with van der Waals surface area (Å²) in [5, 5.41) is 13.1. The molecule has 0 amide bonds. The monoisotopic (exact) mass is 154 g/mol. The quantitative estimate of drug-likeness (QED) is 0.388. The Bertz CT molecular complexity index is 290. The molecule has 1 aliphatic heterocycles. The molecule has 0 unspecified atom stereocenters. The molecule has 0 aliphatic carbocycles. The molecule has 0 radical (unpaired) electrons. The van der Waals surface area contributed by atoms with E-state index in [1.807, 2.05) is 0 Å². The summed E-state index contributed by atoms with van der Waals surface area (Å²) in [7, 11) is 0. The van der Waals surface area contributed by atoms with Crippen molar-refractivity contribution in [3.63, 3.8) is 0 Å². The maximum atomic E-state index is 10.1. The predicted molar refractivity (Wildman–Crippen MR) is 36.1 cm³/mol. The van der Waals surface area contributed by atoms with E-state index in [9.17, 15) is 10.1 Å². The van der Waals surface area contributed by atoms with Gasteiger partial charge >= 0.3 is 5.88 Å². The lowest BCUT2D eigenvalue weighted by Gasteiger charge is -1.84. The molecule has 5 heteroatoms. The third kappa shape index (κ3) is 1.10. The van der Waals surface area contributed by atoms with Crippen molar-refractivity contribution in [3.05, 3.63) is 28.0 Å². The Morgan fingerprint density at radius 1 is 1.73 bits per heavy atom. The summed E-state index contributed by atoms with van der Waals surface area (Å²) >= 11 is 0. The van der Waals surface area contributed by atoms with Crippen molar-refractivity contribution in [2.75, 3.05) is 6.54 Å². The Kier molecular flexibility index (Phi) is 1.19. The Morgan fingerprint density at radius 3 is 2.91 bits per heavy atom. The second-order valence-corrected chi connectivity index (χ2v) is 2.39. The van der Waals surface area contributed by atoms with E-state index in [0.29, 0.717) is 5.76 Å².